The molecule has 0 radical (unpaired) electrons. The molecule has 3 heterocycles. The second-order valence-electron chi connectivity index (χ2n) is 7.25. The van der Waals surface area contributed by atoms with Crippen molar-refractivity contribution in [3.8, 4) is 10.7 Å². The minimum Gasteiger partial charge on any atom is -0.454 e. The summed E-state index contributed by atoms with van der Waals surface area (Å²) in [7, 11) is 0. The summed E-state index contributed by atoms with van der Waals surface area (Å²) >= 11 is 1.50. The smallest absolute Gasteiger partial charge is 0.307 e. The number of nitrogens with zero attached hydrogens (tertiary/aromatic N) is 3. The summed E-state index contributed by atoms with van der Waals surface area (Å²) in [6.07, 6.45) is 0.0430. The van der Waals surface area contributed by atoms with Crippen LogP contribution in [0.3, 0.4) is 0 Å². The normalized spacial score (nSPS) is 13.7. The number of anilines is 1. The molecule has 160 valence electrons. The molecule has 31 heavy (non-hydrogen) atoms. The third kappa shape index (κ3) is 4.56. The molecule has 8 nitrogen and oxygen atoms in total. The van der Waals surface area contributed by atoms with E-state index in [0.29, 0.717) is 30.2 Å². The van der Waals surface area contributed by atoms with Crippen LogP contribution in [-0.4, -0.2) is 40.4 Å². The molecule has 2 aromatic heterocycles. The molecule has 1 aliphatic heterocycles. The Balaban J connectivity index is 1.32. The maximum Gasteiger partial charge on any atom is 0.307 e. The van der Waals surface area contributed by atoms with Crippen molar-refractivity contribution in [3.63, 3.8) is 0 Å². The van der Waals surface area contributed by atoms with Gasteiger partial charge in [-0.2, -0.15) is 4.98 Å². The third-order valence-electron chi connectivity index (χ3n) is 5.07. The number of fused-ring (bicyclic) bond motifs is 1. The Hall–Kier alpha value is -3.33. The molecule has 9 heteroatoms. The van der Waals surface area contributed by atoms with Gasteiger partial charge in [0.15, 0.2) is 6.10 Å². The summed E-state index contributed by atoms with van der Waals surface area (Å²) in [6.45, 7) is 3.68. The predicted molar refractivity (Wildman–Crippen MR) is 114 cm³/mol. The standard InChI is InChI=1S/C22H21N3O5S/c1-13(21(28)16-5-6-17-15(12-16)9-10-25(17)14(2)26)29-20(27)8-7-19-23-22(24-30-19)18-4-3-11-31-18/h3-6,11-13H,7-10H2,1-2H3/t13-/m1/s1. The molecule has 1 amide bonds. The van der Waals surface area contributed by atoms with Crippen molar-refractivity contribution in [3.05, 3.63) is 52.7 Å². The van der Waals surface area contributed by atoms with E-state index < -0.39 is 12.1 Å². The molecule has 0 saturated carbocycles. The number of amides is 1. The van der Waals surface area contributed by atoms with Gasteiger partial charge in [-0.25, -0.2) is 0 Å². The Morgan fingerprint density at radius 3 is 2.87 bits per heavy atom. The number of Topliss-reactive ketones (excluding diaryl/α,β-unsaturated/α-hetero) is 1. The lowest BCUT2D eigenvalue weighted by atomic mass is 10.0. The first kappa shape index (κ1) is 20.9. The van der Waals surface area contributed by atoms with Crippen molar-refractivity contribution in [1.82, 2.24) is 10.1 Å². The van der Waals surface area contributed by atoms with Gasteiger partial charge in [-0.3, -0.25) is 14.4 Å². The molecule has 0 aliphatic carbocycles. The van der Waals surface area contributed by atoms with Gasteiger partial charge >= 0.3 is 5.97 Å². The van der Waals surface area contributed by atoms with Gasteiger partial charge in [-0.1, -0.05) is 11.2 Å². The molecule has 0 spiro atoms. The van der Waals surface area contributed by atoms with Gasteiger partial charge in [0.25, 0.3) is 0 Å². The van der Waals surface area contributed by atoms with Crippen LogP contribution in [0, 0.1) is 0 Å². The molecule has 0 bridgehead atoms. The number of hydrogen-bond donors (Lipinski definition) is 0. The monoisotopic (exact) mass is 439 g/mol. The highest BCUT2D eigenvalue weighted by Gasteiger charge is 2.25. The second-order valence-corrected chi connectivity index (χ2v) is 8.20. The molecule has 0 N–H and O–H groups in total. The van der Waals surface area contributed by atoms with E-state index in [-0.39, 0.29) is 24.5 Å². The minimum atomic E-state index is -0.916. The van der Waals surface area contributed by atoms with Gasteiger partial charge in [0, 0.05) is 31.1 Å². The number of ketones is 1. The molecule has 4 rings (SSSR count). The zero-order valence-electron chi connectivity index (χ0n) is 17.2. The van der Waals surface area contributed by atoms with Crippen LogP contribution in [0.5, 0.6) is 0 Å². The lowest BCUT2D eigenvalue weighted by Crippen LogP contribution is -2.26. The third-order valence-corrected chi connectivity index (χ3v) is 5.94. The number of esters is 1. The Kier molecular flexibility index (Phi) is 5.94. The van der Waals surface area contributed by atoms with Gasteiger partial charge in [-0.15, -0.1) is 11.3 Å². The van der Waals surface area contributed by atoms with Crippen molar-refractivity contribution < 1.29 is 23.6 Å². The van der Waals surface area contributed by atoms with Gasteiger partial charge in [-0.05, 0) is 48.6 Å². The zero-order valence-corrected chi connectivity index (χ0v) is 18.0. The van der Waals surface area contributed by atoms with Gasteiger partial charge in [0.1, 0.15) is 0 Å². The first-order valence-electron chi connectivity index (χ1n) is 9.93. The van der Waals surface area contributed by atoms with E-state index in [2.05, 4.69) is 10.1 Å². The zero-order chi connectivity index (χ0) is 22.0. The highest BCUT2D eigenvalue weighted by atomic mass is 32.1. The van der Waals surface area contributed by atoms with E-state index in [1.54, 1.807) is 30.0 Å². The minimum absolute atomic E-state index is 0.0242. The van der Waals surface area contributed by atoms with Gasteiger partial charge in [0.05, 0.1) is 11.3 Å². The molecule has 0 saturated heterocycles. The highest BCUT2D eigenvalue weighted by Crippen LogP contribution is 2.29. The average molecular weight is 439 g/mol. The summed E-state index contributed by atoms with van der Waals surface area (Å²) in [4.78, 5) is 43.4. The van der Waals surface area contributed by atoms with Crippen LogP contribution < -0.4 is 4.90 Å². The maximum absolute atomic E-state index is 12.7. The number of carbonyl (C=O) groups is 3. The fourth-order valence-corrected chi connectivity index (χ4v) is 4.15. The number of aromatic nitrogens is 2. The first-order chi connectivity index (χ1) is 14.9. The fourth-order valence-electron chi connectivity index (χ4n) is 3.50. The lowest BCUT2D eigenvalue weighted by molar-refractivity contribution is -0.146. The fraction of sp³-hybridized carbons (Fsp3) is 0.318. The van der Waals surface area contributed by atoms with E-state index in [4.69, 9.17) is 9.26 Å². The number of ether oxygens (including phenoxy) is 1. The van der Waals surface area contributed by atoms with Crippen LogP contribution in [0.4, 0.5) is 5.69 Å². The molecule has 1 atom stereocenters. The highest BCUT2D eigenvalue weighted by molar-refractivity contribution is 7.13. The Morgan fingerprint density at radius 2 is 2.13 bits per heavy atom. The van der Waals surface area contributed by atoms with Crippen molar-refractivity contribution in [2.75, 3.05) is 11.4 Å². The topological polar surface area (TPSA) is 103 Å². The number of hydrogen-bond acceptors (Lipinski definition) is 8. The Labute approximate surface area is 182 Å². The maximum atomic E-state index is 12.7. The van der Waals surface area contributed by atoms with E-state index in [1.807, 2.05) is 17.5 Å². The number of rotatable bonds is 7. The number of carbonyl (C=O) groups excluding carboxylic acids is 3. The van der Waals surface area contributed by atoms with E-state index in [1.165, 1.54) is 18.3 Å². The van der Waals surface area contributed by atoms with Gasteiger partial charge < -0.3 is 14.2 Å². The van der Waals surface area contributed by atoms with Crippen molar-refractivity contribution in [1.29, 1.82) is 0 Å². The van der Waals surface area contributed by atoms with Crippen molar-refractivity contribution in [2.45, 2.75) is 39.2 Å². The summed E-state index contributed by atoms with van der Waals surface area (Å²) in [5, 5.41) is 5.82. The Morgan fingerprint density at radius 1 is 1.29 bits per heavy atom. The summed E-state index contributed by atoms with van der Waals surface area (Å²) < 4.78 is 10.5. The van der Waals surface area contributed by atoms with Crippen LogP contribution >= 0.6 is 11.3 Å². The summed E-state index contributed by atoms with van der Waals surface area (Å²) in [5.41, 5.74) is 2.23. The number of aryl methyl sites for hydroxylation is 1. The van der Waals surface area contributed by atoms with E-state index in [9.17, 15) is 14.4 Å². The molecule has 1 aromatic carbocycles. The van der Waals surface area contributed by atoms with Crippen LogP contribution in [0.1, 0.15) is 42.1 Å². The largest absolute Gasteiger partial charge is 0.454 e. The quantitative estimate of drug-likeness (QED) is 0.410. The molecule has 1 aliphatic rings. The summed E-state index contributed by atoms with van der Waals surface area (Å²) in [5.74, 6) is 0.00885. The molecule has 0 fully saturated rings. The number of benzene rings is 1. The lowest BCUT2D eigenvalue weighted by Gasteiger charge is -2.16. The first-order valence-corrected chi connectivity index (χ1v) is 10.8. The van der Waals surface area contributed by atoms with E-state index in [0.717, 1.165) is 16.1 Å². The van der Waals surface area contributed by atoms with Crippen molar-refractivity contribution >= 4 is 34.7 Å². The van der Waals surface area contributed by atoms with Crippen LogP contribution in [-0.2, 0) is 27.2 Å². The SMILES string of the molecule is CC(=O)N1CCc2cc(C(=O)[C@@H](C)OC(=O)CCc3nc(-c4cccs4)no3)ccc21. The molecule has 3 aromatic rings. The van der Waals surface area contributed by atoms with Gasteiger partial charge in [0.2, 0.25) is 23.4 Å². The second kappa shape index (κ2) is 8.81. The predicted octanol–water partition coefficient (Wildman–Crippen LogP) is 3.45. The average Bonchev–Trinajstić information content (AvgIpc) is 3.51. The van der Waals surface area contributed by atoms with E-state index >= 15 is 0 Å². The molecular formula is C22H21N3O5S. The molecular weight excluding hydrogens is 418 g/mol. The number of thiophene rings is 1. The van der Waals surface area contributed by atoms with Crippen molar-refractivity contribution in [2.24, 2.45) is 0 Å². The van der Waals surface area contributed by atoms with Crippen LogP contribution in [0.25, 0.3) is 10.7 Å². The Bertz CT molecular complexity index is 1120. The van der Waals surface area contributed by atoms with Crippen LogP contribution in [0.15, 0.2) is 40.2 Å². The summed E-state index contributed by atoms with van der Waals surface area (Å²) in [6, 6.07) is 8.99. The van der Waals surface area contributed by atoms with Crippen LogP contribution in [0.2, 0.25) is 0 Å². The molecule has 0 unspecified atom stereocenters.